The fourth-order valence-electron chi connectivity index (χ4n) is 9.37. The Morgan fingerprint density at radius 2 is 1.02 bits per heavy atom. The van der Waals surface area contributed by atoms with E-state index in [-0.39, 0.29) is 0 Å². The third kappa shape index (κ3) is 5.80. The van der Waals surface area contributed by atoms with Gasteiger partial charge in [-0.3, -0.25) is 0 Å². The third-order valence-electron chi connectivity index (χ3n) is 12.2. The van der Waals surface area contributed by atoms with Crippen LogP contribution in [-0.2, 0) is 5.41 Å². The van der Waals surface area contributed by atoms with Crippen LogP contribution < -0.4 is 0 Å². The Labute approximate surface area is 342 Å². The molecule has 1 aromatic heterocycles. The van der Waals surface area contributed by atoms with E-state index in [2.05, 4.69) is 177 Å². The minimum Gasteiger partial charge on any atom is -0.228 e. The average molecular weight is 752 g/mol. The number of allylic oxidation sites excluding steroid dienone is 4. The van der Waals surface area contributed by atoms with Gasteiger partial charge in [-0.05, 0) is 95.5 Å². The van der Waals surface area contributed by atoms with Crippen LogP contribution in [0.25, 0.3) is 93.3 Å². The first kappa shape index (κ1) is 34.6. The van der Waals surface area contributed by atoms with E-state index in [1.165, 1.54) is 37.9 Å². The lowest BCUT2D eigenvalue weighted by Crippen LogP contribution is -2.22. The number of benzene rings is 9. The predicted molar refractivity (Wildman–Crippen MR) is 246 cm³/mol. The first-order valence-corrected chi connectivity index (χ1v) is 20.2. The van der Waals surface area contributed by atoms with E-state index in [9.17, 15) is 5.26 Å². The number of fused-ring (bicyclic) bond motifs is 8. The van der Waals surface area contributed by atoms with Crippen LogP contribution in [0.1, 0.15) is 24.5 Å². The molecule has 59 heavy (non-hydrogen) atoms. The summed E-state index contributed by atoms with van der Waals surface area (Å²) in [5, 5.41) is 21.3. The van der Waals surface area contributed by atoms with Crippen molar-refractivity contribution in [2.45, 2.75) is 18.8 Å². The Hall–Kier alpha value is -7.67. The molecule has 0 unspecified atom stereocenters. The Bertz CT molecular complexity index is 3390. The van der Waals surface area contributed by atoms with Gasteiger partial charge in [0.2, 0.25) is 0 Å². The molecular formula is C56H37N3. The zero-order valence-corrected chi connectivity index (χ0v) is 32.5. The van der Waals surface area contributed by atoms with Crippen LogP contribution in [0.5, 0.6) is 0 Å². The number of aromatic nitrogens is 2. The largest absolute Gasteiger partial charge is 0.228 e. The zero-order valence-electron chi connectivity index (χ0n) is 32.5. The zero-order chi connectivity index (χ0) is 39.5. The molecule has 1 aliphatic rings. The van der Waals surface area contributed by atoms with Crippen molar-refractivity contribution in [1.82, 2.24) is 9.97 Å². The molecule has 10 aromatic rings. The molecule has 9 aromatic carbocycles. The van der Waals surface area contributed by atoms with E-state index in [4.69, 9.17) is 9.97 Å². The van der Waals surface area contributed by atoms with Gasteiger partial charge in [-0.2, -0.15) is 5.26 Å². The molecule has 0 aliphatic heterocycles. The molecule has 1 aliphatic carbocycles. The van der Waals surface area contributed by atoms with Crippen LogP contribution in [0.4, 0.5) is 0 Å². The Morgan fingerprint density at radius 1 is 0.475 bits per heavy atom. The van der Waals surface area contributed by atoms with Gasteiger partial charge < -0.3 is 0 Å². The van der Waals surface area contributed by atoms with Crippen molar-refractivity contribution in [3.05, 3.63) is 211 Å². The summed E-state index contributed by atoms with van der Waals surface area (Å²) in [6.45, 7) is 2.28. The molecule has 0 N–H and O–H groups in total. The van der Waals surface area contributed by atoms with Gasteiger partial charge in [-0.25, -0.2) is 9.97 Å². The molecule has 0 saturated heterocycles. The second-order valence-corrected chi connectivity index (χ2v) is 15.9. The maximum Gasteiger partial charge on any atom is 0.160 e. The molecule has 0 bridgehead atoms. The normalized spacial score (nSPS) is 15.4. The summed E-state index contributed by atoms with van der Waals surface area (Å²) < 4.78 is 0. The molecule has 3 nitrogen and oxygen atoms in total. The van der Waals surface area contributed by atoms with Crippen molar-refractivity contribution >= 4 is 59.6 Å². The summed E-state index contributed by atoms with van der Waals surface area (Å²) >= 11 is 0. The molecule has 1 heterocycles. The topological polar surface area (TPSA) is 49.6 Å². The first-order chi connectivity index (χ1) is 29.0. The molecule has 0 radical (unpaired) electrons. The fraction of sp³-hybridized carbons (Fsp3) is 0.0536. The van der Waals surface area contributed by atoms with E-state index in [1.807, 2.05) is 30.3 Å². The van der Waals surface area contributed by atoms with Crippen molar-refractivity contribution in [2.75, 3.05) is 0 Å². The highest BCUT2D eigenvalue weighted by molar-refractivity contribution is 6.25. The molecule has 11 rings (SSSR count). The molecule has 0 fully saturated rings. The van der Waals surface area contributed by atoms with Gasteiger partial charge in [0, 0.05) is 27.5 Å². The maximum atomic E-state index is 10.4. The summed E-state index contributed by atoms with van der Waals surface area (Å²) in [5.74, 6) is 0.703. The Balaban J connectivity index is 0.994. The van der Waals surface area contributed by atoms with Gasteiger partial charge in [0.25, 0.3) is 0 Å². The average Bonchev–Trinajstić information content (AvgIpc) is 3.31. The van der Waals surface area contributed by atoms with Gasteiger partial charge in [0.1, 0.15) is 0 Å². The van der Waals surface area contributed by atoms with Crippen molar-refractivity contribution in [3.63, 3.8) is 0 Å². The highest BCUT2D eigenvalue weighted by Gasteiger charge is 2.31. The summed E-state index contributed by atoms with van der Waals surface area (Å²) in [6.07, 6.45) is 5.12. The SMILES string of the molecule is C[C@@]1(c2ccc3c4ccccc4c4ccccc4c3c2)C=C(c2ccc(-c3ccc(-c4nc(-c5ccccc5)c5ccccc5n4)cc3)c3ccccc23)C=C(C#N)C1. The van der Waals surface area contributed by atoms with E-state index in [0.717, 1.165) is 66.3 Å². The van der Waals surface area contributed by atoms with Crippen LogP contribution in [-0.4, -0.2) is 9.97 Å². The number of nitrogens with zero attached hydrogens (tertiary/aromatic N) is 3. The molecule has 0 amide bonds. The van der Waals surface area contributed by atoms with Gasteiger partial charge in [0.15, 0.2) is 5.82 Å². The lowest BCUT2D eigenvalue weighted by Gasteiger charge is -2.32. The second-order valence-electron chi connectivity index (χ2n) is 15.9. The summed E-state index contributed by atoms with van der Waals surface area (Å²) in [5.41, 5.74) is 9.94. The summed E-state index contributed by atoms with van der Waals surface area (Å²) in [7, 11) is 0. The minimum atomic E-state index is -0.392. The van der Waals surface area contributed by atoms with E-state index in [1.54, 1.807) is 0 Å². The number of hydrogen-bond donors (Lipinski definition) is 0. The van der Waals surface area contributed by atoms with Crippen molar-refractivity contribution in [1.29, 1.82) is 5.26 Å². The third-order valence-corrected chi connectivity index (χ3v) is 12.2. The molecule has 3 heteroatoms. The Morgan fingerprint density at radius 3 is 1.69 bits per heavy atom. The lowest BCUT2D eigenvalue weighted by molar-refractivity contribution is 0.592. The van der Waals surface area contributed by atoms with E-state index >= 15 is 0 Å². The minimum absolute atomic E-state index is 0.392. The summed E-state index contributed by atoms with van der Waals surface area (Å²) in [6, 6.07) is 67.1. The predicted octanol–water partition coefficient (Wildman–Crippen LogP) is 14.4. The van der Waals surface area contributed by atoms with Gasteiger partial charge >= 0.3 is 0 Å². The lowest BCUT2D eigenvalue weighted by atomic mass is 9.71. The standard InChI is InChI=1S/C56H37N3/c1-56(41-27-28-50-48-19-8-7-17-46(48)47-18-9-10-20-49(47)52(50)32-41)33-36(35-57)31-40(34-56)43-30-29-42(44-15-5-6-16-45(43)44)37-23-25-39(26-24-37)55-58-53-22-12-11-21-51(53)54(59-55)38-13-3-2-4-14-38/h2-32,34H,33H2,1H3/t56-/m0/s1. The molecular weight excluding hydrogens is 715 g/mol. The smallest absolute Gasteiger partial charge is 0.160 e. The quantitative estimate of drug-likeness (QED) is 0.165. The fourth-order valence-corrected chi connectivity index (χ4v) is 9.37. The molecule has 276 valence electrons. The van der Waals surface area contributed by atoms with Crippen LogP contribution in [0.15, 0.2) is 200 Å². The van der Waals surface area contributed by atoms with Gasteiger partial charge in [-0.15, -0.1) is 0 Å². The maximum absolute atomic E-state index is 10.4. The molecule has 0 spiro atoms. The van der Waals surface area contributed by atoms with Crippen LogP contribution in [0.3, 0.4) is 0 Å². The second kappa shape index (κ2) is 13.8. The van der Waals surface area contributed by atoms with Crippen molar-refractivity contribution in [3.8, 4) is 39.8 Å². The molecule has 1 atom stereocenters. The van der Waals surface area contributed by atoms with Crippen LogP contribution in [0, 0.1) is 11.3 Å². The number of rotatable bonds is 5. The molecule has 0 saturated carbocycles. The monoisotopic (exact) mass is 751 g/mol. The highest BCUT2D eigenvalue weighted by atomic mass is 14.9. The first-order valence-electron chi connectivity index (χ1n) is 20.2. The Kier molecular flexibility index (Phi) is 8.06. The van der Waals surface area contributed by atoms with Crippen LogP contribution >= 0.6 is 0 Å². The number of hydrogen-bond acceptors (Lipinski definition) is 3. The van der Waals surface area contributed by atoms with Crippen LogP contribution in [0.2, 0.25) is 0 Å². The van der Waals surface area contributed by atoms with Crippen molar-refractivity contribution < 1.29 is 0 Å². The highest BCUT2D eigenvalue weighted by Crippen LogP contribution is 2.45. The number of para-hydroxylation sites is 1. The van der Waals surface area contributed by atoms with E-state index < -0.39 is 5.41 Å². The van der Waals surface area contributed by atoms with E-state index in [0.29, 0.717) is 12.2 Å². The summed E-state index contributed by atoms with van der Waals surface area (Å²) in [4.78, 5) is 10.1. The van der Waals surface area contributed by atoms with Gasteiger partial charge in [0.05, 0.1) is 17.3 Å². The number of nitriles is 1. The van der Waals surface area contributed by atoms with Gasteiger partial charge in [-0.1, -0.05) is 183 Å². The van der Waals surface area contributed by atoms with Crippen molar-refractivity contribution in [2.24, 2.45) is 0 Å².